The van der Waals surface area contributed by atoms with Crippen LogP contribution in [0.1, 0.15) is 53.0 Å². The molecule has 5 nitrogen and oxygen atoms in total. The summed E-state index contributed by atoms with van der Waals surface area (Å²) in [4.78, 5) is 26.9. The van der Waals surface area contributed by atoms with Gasteiger partial charge < -0.3 is 15.0 Å². The zero-order valence-corrected chi connectivity index (χ0v) is 16.1. The molecule has 1 atom stereocenters. The molecule has 5 heteroatoms. The molecule has 27 heavy (non-hydrogen) atoms. The molecule has 0 spiro atoms. The minimum absolute atomic E-state index is 0.00653. The molecule has 0 bridgehead atoms. The highest BCUT2D eigenvalue weighted by Gasteiger charge is 2.24. The van der Waals surface area contributed by atoms with Crippen LogP contribution >= 0.6 is 0 Å². The van der Waals surface area contributed by atoms with Crippen molar-refractivity contribution in [1.82, 2.24) is 4.90 Å². The van der Waals surface area contributed by atoms with Gasteiger partial charge in [-0.3, -0.25) is 9.59 Å². The van der Waals surface area contributed by atoms with Gasteiger partial charge in [-0.15, -0.1) is 0 Å². The summed E-state index contributed by atoms with van der Waals surface area (Å²) in [6, 6.07) is 14.7. The van der Waals surface area contributed by atoms with E-state index in [9.17, 15) is 9.59 Å². The molecule has 0 aliphatic carbocycles. The minimum atomic E-state index is -0.161. The standard InChI is InChI=1S/C22H26N2O3/c1-15(2)17-4-6-18(7-5-17)21(25)23-20-10-8-19(9-11-20)22(26)24-12-13-27-14-16(24)3/h4-11,15-16H,12-14H2,1-3H3,(H,23,25). The van der Waals surface area contributed by atoms with Crippen LogP contribution in [0.3, 0.4) is 0 Å². The van der Waals surface area contributed by atoms with Gasteiger partial charge in [0.15, 0.2) is 0 Å². The molecule has 2 aromatic carbocycles. The Labute approximate surface area is 160 Å². The number of carbonyl (C=O) groups excluding carboxylic acids is 2. The molecule has 1 aliphatic heterocycles. The molecule has 2 amide bonds. The lowest BCUT2D eigenvalue weighted by Crippen LogP contribution is -2.47. The van der Waals surface area contributed by atoms with E-state index in [1.54, 1.807) is 24.3 Å². The number of nitrogens with one attached hydrogen (secondary N) is 1. The Morgan fingerprint density at radius 3 is 2.26 bits per heavy atom. The normalized spacial score (nSPS) is 17.0. The lowest BCUT2D eigenvalue weighted by atomic mass is 10.0. The van der Waals surface area contributed by atoms with Gasteiger partial charge in [0, 0.05) is 23.4 Å². The van der Waals surface area contributed by atoms with Crippen LogP contribution in [0.2, 0.25) is 0 Å². The van der Waals surface area contributed by atoms with Gasteiger partial charge in [-0.2, -0.15) is 0 Å². The van der Waals surface area contributed by atoms with Crippen molar-refractivity contribution in [1.29, 1.82) is 0 Å². The first-order valence-electron chi connectivity index (χ1n) is 9.36. The molecule has 0 radical (unpaired) electrons. The maximum absolute atomic E-state index is 12.6. The van der Waals surface area contributed by atoms with E-state index in [1.807, 2.05) is 36.1 Å². The number of rotatable bonds is 4. The molecule has 1 saturated heterocycles. The van der Waals surface area contributed by atoms with Crippen LogP contribution < -0.4 is 5.32 Å². The fourth-order valence-corrected chi connectivity index (χ4v) is 3.11. The van der Waals surface area contributed by atoms with Gasteiger partial charge >= 0.3 is 0 Å². The molecule has 1 heterocycles. The SMILES string of the molecule is CC(C)c1ccc(C(=O)Nc2ccc(C(=O)N3CCOCC3C)cc2)cc1. The molecule has 1 unspecified atom stereocenters. The van der Waals surface area contributed by atoms with Gasteiger partial charge in [-0.05, 0) is 54.8 Å². The lowest BCUT2D eigenvalue weighted by Gasteiger charge is -2.33. The summed E-state index contributed by atoms with van der Waals surface area (Å²) in [6.07, 6.45) is 0. The summed E-state index contributed by atoms with van der Waals surface area (Å²) in [5.74, 6) is 0.264. The van der Waals surface area contributed by atoms with Crippen LogP contribution in [0.25, 0.3) is 0 Å². The molecule has 3 rings (SSSR count). The van der Waals surface area contributed by atoms with E-state index in [0.29, 0.717) is 42.5 Å². The average Bonchev–Trinajstić information content (AvgIpc) is 2.68. The van der Waals surface area contributed by atoms with Crippen LogP contribution in [0.5, 0.6) is 0 Å². The highest BCUT2D eigenvalue weighted by atomic mass is 16.5. The van der Waals surface area contributed by atoms with Crippen molar-refractivity contribution in [2.75, 3.05) is 25.1 Å². The summed E-state index contributed by atoms with van der Waals surface area (Å²) in [6.45, 7) is 7.96. The molecule has 142 valence electrons. The van der Waals surface area contributed by atoms with Gasteiger partial charge in [0.2, 0.25) is 0 Å². The zero-order chi connectivity index (χ0) is 19.4. The number of morpholine rings is 1. The highest BCUT2D eigenvalue weighted by Crippen LogP contribution is 2.18. The number of anilines is 1. The first-order valence-corrected chi connectivity index (χ1v) is 9.36. The smallest absolute Gasteiger partial charge is 0.255 e. The lowest BCUT2D eigenvalue weighted by molar-refractivity contribution is 0.00359. The third-order valence-corrected chi connectivity index (χ3v) is 4.86. The Balaban J connectivity index is 1.64. The van der Waals surface area contributed by atoms with Gasteiger partial charge in [-0.1, -0.05) is 26.0 Å². The second-order valence-corrected chi connectivity index (χ2v) is 7.23. The third-order valence-electron chi connectivity index (χ3n) is 4.86. The molecule has 2 aromatic rings. The summed E-state index contributed by atoms with van der Waals surface area (Å²) in [7, 11) is 0. The van der Waals surface area contributed by atoms with Crippen molar-refractivity contribution in [2.45, 2.75) is 32.7 Å². The number of benzene rings is 2. The van der Waals surface area contributed by atoms with E-state index >= 15 is 0 Å². The fraction of sp³-hybridized carbons (Fsp3) is 0.364. The molecular weight excluding hydrogens is 340 g/mol. The average molecular weight is 366 g/mol. The van der Waals surface area contributed by atoms with Gasteiger partial charge in [0.05, 0.1) is 19.3 Å². The number of hydrogen-bond donors (Lipinski definition) is 1. The number of hydrogen-bond acceptors (Lipinski definition) is 3. The summed E-state index contributed by atoms with van der Waals surface area (Å²) in [5, 5.41) is 2.88. The van der Waals surface area contributed by atoms with E-state index in [4.69, 9.17) is 4.74 Å². The highest BCUT2D eigenvalue weighted by molar-refractivity contribution is 6.04. The van der Waals surface area contributed by atoms with Crippen molar-refractivity contribution >= 4 is 17.5 Å². The van der Waals surface area contributed by atoms with Crippen LogP contribution in [0.4, 0.5) is 5.69 Å². The van der Waals surface area contributed by atoms with Crippen LogP contribution in [-0.2, 0) is 4.74 Å². The molecule has 1 aliphatic rings. The van der Waals surface area contributed by atoms with Crippen LogP contribution in [0.15, 0.2) is 48.5 Å². The summed E-state index contributed by atoms with van der Waals surface area (Å²) < 4.78 is 5.38. The zero-order valence-electron chi connectivity index (χ0n) is 16.1. The second kappa shape index (κ2) is 8.35. The van der Waals surface area contributed by atoms with Crippen LogP contribution in [-0.4, -0.2) is 42.5 Å². The van der Waals surface area contributed by atoms with E-state index in [0.717, 1.165) is 0 Å². The maximum atomic E-state index is 12.6. The fourth-order valence-electron chi connectivity index (χ4n) is 3.11. The molecule has 0 aromatic heterocycles. The second-order valence-electron chi connectivity index (χ2n) is 7.23. The topological polar surface area (TPSA) is 58.6 Å². The van der Waals surface area contributed by atoms with Gasteiger partial charge in [-0.25, -0.2) is 0 Å². The minimum Gasteiger partial charge on any atom is -0.377 e. The van der Waals surface area contributed by atoms with Crippen LogP contribution in [0, 0.1) is 0 Å². The number of amides is 2. The van der Waals surface area contributed by atoms with E-state index in [2.05, 4.69) is 19.2 Å². The number of carbonyl (C=O) groups is 2. The van der Waals surface area contributed by atoms with Crippen molar-refractivity contribution in [2.24, 2.45) is 0 Å². The Morgan fingerprint density at radius 1 is 1.04 bits per heavy atom. The van der Waals surface area contributed by atoms with Crippen molar-refractivity contribution in [3.8, 4) is 0 Å². The first-order chi connectivity index (χ1) is 13.0. The van der Waals surface area contributed by atoms with E-state index < -0.39 is 0 Å². The maximum Gasteiger partial charge on any atom is 0.255 e. The van der Waals surface area contributed by atoms with Crippen molar-refractivity contribution in [3.63, 3.8) is 0 Å². The molecule has 1 fully saturated rings. The molecule has 0 saturated carbocycles. The largest absolute Gasteiger partial charge is 0.377 e. The van der Waals surface area contributed by atoms with E-state index in [-0.39, 0.29) is 17.9 Å². The predicted molar refractivity (Wildman–Crippen MR) is 106 cm³/mol. The quantitative estimate of drug-likeness (QED) is 0.892. The number of ether oxygens (including phenoxy) is 1. The third kappa shape index (κ3) is 4.55. The van der Waals surface area contributed by atoms with Crippen molar-refractivity contribution in [3.05, 3.63) is 65.2 Å². The van der Waals surface area contributed by atoms with Gasteiger partial charge in [0.1, 0.15) is 0 Å². The van der Waals surface area contributed by atoms with Crippen molar-refractivity contribution < 1.29 is 14.3 Å². The Kier molecular flexibility index (Phi) is 5.91. The summed E-state index contributed by atoms with van der Waals surface area (Å²) >= 11 is 0. The molecular formula is C22H26N2O3. The monoisotopic (exact) mass is 366 g/mol. The first kappa shape index (κ1) is 19.1. The number of nitrogens with zero attached hydrogens (tertiary/aromatic N) is 1. The Bertz CT molecular complexity index is 797. The molecule has 1 N–H and O–H groups in total. The van der Waals surface area contributed by atoms with Gasteiger partial charge in [0.25, 0.3) is 11.8 Å². The van der Waals surface area contributed by atoms with E-state index in [1.165, 1.54) is 5.56 Å². The summed E-state index contributed by atoms with van der Waals surface area (Å²) in [5.41, 5.74) is 3.09. The Hall–Kier alpha value is -2.66. The Morgan fingerprint density at radius 2 is 1.67 bits per heavy atom. The predicted octanol–water partition coefficient (Wildman–Crippen LogP) is 3.92.